The van der Waals surface area contributed by atoms with Gasteiger partial charge in [-0.25, -0.2) is 4.39 Å². The molecule has 0 amide bonds. The minimum Gasteiger partial charge on any atom is -0.392 e. The second-order valence-electron chi connectivity index (χ2n) is 4.55. The SMILES string of the molecule is CCOC1CCN(c2c(F)cccc2CO)CC1. The van der Waals surface area contributed by atoms with Gasteiger partial charge in [0.25, 0.3) is 0 Å². The van der Waals surface area contributed by atoms with Crippen molar-refractivity contribution >= 4 is 5.69 Å². The van der Waals surface area contributed by atoms with Gasteiger partial charge in [-0.05, 0) is 25.8 Å². The summed E-state index contributed by atoms with van der Waals surface area (Å²) in [5.74, 6) is -0.253. The van der Waals surface area contributed by atoms with Gasteiger partial charge in [-0.2, -0.15) is 0 Å². The van der Waals surface area contributed by atoms with Crippen molar-refractivity contribution in [2.75, 3.05) is 24.6 Å². The number of hydrogen-bond acceptors (Lipinski definition) is 3. The number of rotatable bonds is 4. The van der Waals surface area contributed by atoms with E-state index >= 15 is 0 Å². The first-order valence-corrected chi connectivity index (χ1v) is 6.51. The van der Waals surface area contributed by atoms with Crippen molar-refractivity contribution in [3.63, 3.8) is 0 Å². The van der Waals surface area contributed by atoms with Crippen LogP contribution in [0.15, 0.2) is 18.2 Å². The summed E-state index contributed by atoms with van der Waals surface area (Å²) < 4.78 is 19.5. The van der Waals surface area contributed by atoms with E-state index in [-0.39, 0.29) is 18.5 Å². The molecule has 100 valence electrons. The molecule has 1 aromatic rings. The number of anilines is 1. The number of nitrogens with zero attached hydrogens (tertiary/aromatic N) is 1. The molecule has 1 saturated heterocycles. The maximum Gasteiger partial charge on any atom is 0.146 e. The molecule has 1 aliphatic heterocycles. The Morgan fingerprint density at radius 2 is 2.11 bits per heavy atom. The number of halogens is 1. The highest BCUT2D eigenvalue weighted by Crippen LogP contribution is 2.28. The quantitative estimate of drug-likeness (QED) is 0.894. The van der Waals surface area contributed by atoms with Crippen LogP contribution in [0, 0.1) is 5.82 Å². The molecule has 1 N–H and O–H groups in total. The maximum absolute atomic E-state index is 13.9. The summed E-state index contributed by atoms with van der Waals surface area (Å²) in [5.41, 5.74) is 1.21. The second-order valence-corrected chi connectivity index (χ2v) is 4.55. The van der Waals surface area contributed by atoms with Crippen LogP contribution in [0.2, 0.25) is 0 Å². The molecule has 0 atom stereocenters. The number of aliphatic hydroxyl groups is 1. The average Bonchev–Trinajstić information content (AvgIpc) is 2.40. The van der Waals surface area contributed by atoms with E-state index in [9.17, 15) is 9.50 Å². The highest BCUT2D eigenvalue weighted by molar-refractivity contribution is 5.55. The van der Waals surface area contributed by atoms with Crippen LogP contribution in [0.5, 0.6) is 0 Å². The normalized spacial score (nSPS) is 17.2. The van der Waals surface area contributed by atoms with Crippen LogP contribution < -0.4 is 4.90 Å². The molecule has 0 radical (unpaired) electrons. The summed E-state index contributed by atoms with van der Waals surface area (Å²) in [5, 5.41) is 9.29. The van der Waals surface area contributed by atoms with Gasteiger partial charge in [0.05, 0.1) is 18.4 Å². The van der Waals surface area contributed by atoms with E-state index in [0.29, 0.717) is 11.3 Å². The van der Waals surface area contributed by atoms with Crippen LogP contribution >= 0.6 is 0 Å². The largest absolute Gasteiger partial charge is 0.392 e. The number of ether oxygens (including phenoxy) is 1. The fourth-order valence-electron chi connectivity index (χ4n) is 2.52. The van der Waals surface area contributed by atoms with Gasteiger partial charge in [0.1, 0.15) is 5.82 Å². The van der Waals surface area contributed by atoms with Gasteiger partial charge in [0.2, 0.25) is 0 Å². The Balaban J connectivity index is 2.09. The van der Waals surface area contributed by atoms with Crippen LogP contribution in [0.3, 0.4) is 0 Å². The van der Waals surface area contributed by atoms with E-state index in [2.05, 4.69) is 0 Å². The van der Waals surface area contributed by atoms with Crippen LogP contribution in [-0.4, -0.2) is 30.9 Å². The molecule has 0 aliphatic carbocycles. The second kappa shape index (κ2) is 6.16. The summed E-state index contributed by atoms with van der Waals surface area (Å²) in [4.78, 5) is 2.01. The lowest BCUT2D eigenvalue weighted by Crippen LogP contribution is -2.38. The fraction of sp³-hybridized carbons (Fsp3) is 0.571. The molecule has 0 unspecified atom stereocenters. The van der Waals surface area contributed by atoms with Gasteiger partial charge in [0.15, 0.2) is 0 Å². The number of benzene rings is 1. The predicted octanol–water partition coefficient (Wildman–Crippen LogP) is 2.32. The van der Waals surface area contributed by atoms with Crippen molar-refractivity contribution in [3.05, 3.63) is 29.6 Å². The minimum absolute atomic E-state index is 0.127. The molecular formula is C14H20FNO2. The zero-order chi connectivity index (χ0) is 13.0. The average molecular weight is 253 g/mol. The fourth-order valence-corrected chi connectivity index (χ4v) is 2.52. The lowest BCUT2D eigenvalue weighted by molar-refractivity contribution is 0.0458. The number of hydrogen-bond donors (Lipinski definition) is 1. The predicted molar refractivity (Wildman–Crippen MR) is 69.2 cm³/mol. The van der Waals surface area contributed by atoms with Gasteiger partial charge in [0, 0.05) is 25.3 Å². The zero-order valence-electron chi connectivity index (χ0n) is 10.7. The first-order valence-electron chi connectivity index (χ1n) is 6.51. The Morgan fingerprint density at radius 1 is 1.39 bits per heavy atom. The van der Waals surface area contributed by atoms with Crippen LogP contribution in [0.4, 0.5) is 10.1 Å². The van der Waals surface area contributed by atoms with E-state index in [1.54, 1.807) is 12.1 Å². The van der Waals surface area contributed by atoms with Crippen molar-refractivity contribution in [3.8, 4) is 0 Å². The molecular weight excluding hydrogens is 233 g/mol. The molecule has 3 nitrogen and oxygen atoms in total. The Labute approximate surface area is 107 Å². The Kier molecular flexibility index (Phi) is 4.55. The zero-order valence-corrected chi connectivity index (χ0v) is 10.7. The summed E-state index contributed by atoms with van der Waals surface area (Å²) in [6.45, 7) is 4.15. The monoisotopic (exact) mass is 253 g/mol. The molecule has 1 aromatic carbocycles. The Hall–Kier alpha value is -1.13. The molecule has 0 bridgehead atoms. The van der Waals surface area contributed by atoms with Crippen molar-refractivity contribution in [1.82, 2.24) is 0 Å². The first-order chi connectivity index (χ1) is 8.76. The molecule has 0 aromatic heterocycles. The molecule has 18 heavy (non-hydrogen) atoms. The van der Waals surface area contributed by atoms with Crippen molar-refractivity contribution in [2.45, 2.75) is 32.5 Å². The summed E-state index contributed by atoms with van der Waals surface area (Å²) in [6, 6.07) is 4.85. The molecule has 1 fully saturated rings. The van der Waals surface area contributed by atoms with Crippen molar-refractivity contribution in [2.24, 2.45) is 0 Å². The molecule has 1 aliphatic rings. The highest BCUT2D eigenvalue weighted by Gasteiger charge is 2.23. The third-order valence-corrected chi connectivity index (χ3v) is 3.40. The van der Waals surface area contributed by atoms with Crippen molar-refractivity contribution in [1.29, 1.82) is 0 Å². The molecule has 0 spiro atoms. The molecule has 0 saturated carbocycles. The van der Waals surface area contributed by atoms with Gasteiger partial charge in [-0.15, -0.1) is 0 Å². The third kappa shape index (κ3) is 2.82. The minimum atomic E-state index is -0.253. The van der Waals surface area contributed by atoms with Gasteiger partial charge in [-0.1, -0.05) is 12.1 Å². The summed E-state index contributed by atoms with van der Waals surface area (Å²) in [6.07, 6.45) is 2.11. The molecule has 2 rings (SSSR count). The van der Waals surface area contributed by atoms with Crippen molar-refractivity contribution < 1.29 is 14.2 Å². The summed E-state index contributed by atoms with van der Waals surface area (Å²) in [7, 11) is 0. The van der Waals surface area contributed by atoms with E-state index in [1.807, 2.05) is 11.8 Å². The number of aliphatic hydroxyl groups excluding tert-OH is 1. The lowest BCUT2D eigenvalue weighted by atomic mass is 10.0. The van der Waals surface area contributed by atoms with Gasteiger partial charge in [-0.3, -0.25) is 0 Å². The van der Waals surface area contributed by atoms with E-state index in [4.69, 9.17) is 4.74 Å². The van der Waals surface area contributed by atoms with E-state index in [1.165, 1.54) is 6.07 Å². The van der Waals surface area contributed by atoms with E-state index < -0.39 is 0 Å². The van der Waals surface area contributed by atoms with Gasteiger partial charge >= 0.3 is 0 Å². The third-order valence-electron chi connectivity index (χ3n) is 3.40. The van der Waals surface area contributed by atoms with E-state index in [0.717, 1.165) is 32.5 Å². The first kappa shape index (κ1) is 13.3. The standard InChI is InChI=1S/C14H20FNO2/c1-2-18-12-6-8-16(9-7-12)14-11(10-17)4-3-5-13(14)15/h3-5,12,17H,2,6-10H2,1H3. The van der Waals surface area contributed by atoms with Crippen LogP contribution in [0.1, 0.15) is 25.3 Å². The Morgan fingerprint density at radius 3 is 2.72 bits per heavy atom. The maximum atomic E-state index is 13.9. The van der Waals surface area contributed by atoms with Gasteiger partial charge < -0.3 is 14.7 Å². The highest BCUT2D eigenvalue weighted by atomic mass is 19.1. The molecule has 1 heterocycles. The molecule has 4 heteroatoms. The van der Waals surface area contributed by atoms with Crippen LogP contribution in [0.25, 0.3) is 0 Å². The lowest BCUT2D eigenvalue weighted by Gasteiger charge is -2.34. The van der Waals surface area contributed by atoms with Crippen LogP contribution in [-0.2, 0) is 11.3 Å². The smallest absolute Gasteiger partial charge is 0.146 e. The Bertz CT molecular complexity index is 389. The summed E-state index contributed by atoms with van der Waals surface area (Å²) >= 11 is 0. The number of piperidine rings is 1. The topological polar surface area (TPSA) is 32.7 Å². The number of para-hydroxylation sites is 1.